The minimum Gasteiger partial charge on any atom is -0.355 e. The first-order valence-electron chi connectivity index (χ1n) is 6.59. The highest BCUT2D eigenvalue weighted by Crippen LogP contribution is 2.13. The second-order valence-electron chi connectivity index (χ2n) is 4.51. The molecule has 4 nitrogen and oxygen atoms in total. The summed E-state index contributed by atoms with van der Waals surface area (Å²) in [6.45, 7) is 8.56. The minimum absolute atomic E-state index is 0.0515. The molecule has 4 heteroatoms. The number of amides is 1. The van der Waals surface area contributed by atoms with E-state index in [-0.39, 0.29) is 5.91 Å². The van der Waals surface area contributed by atoms with Crippen molar-refractivity contribution in [3.8, 4) is 6.07 Å². The second kappa shape index (κ2) is 7.55. The molecule has 0 saturated carbocycles. The lowest BCUT2D eigenvalue weighted by Crippen LogP contribution is -2.36. The van der Waals surface area contributed by atoms with E-state index in [1.807, 2.05) is 39.0 Å². The first-order valence-corrected chi connectivity index (χ1v) is 6.59. The van der Waals surface area contributed by atoms with Crippen molar-refractivity contribution in [1.82, 2.24) is 10.2 Å². The van der Waals surface area contributed by atoms with E-state index in [1.54, 1.807) is 0 Å². The molecule has 0 saturated heterocycles. The van der Waals surface area contributed by atoms with E-state index < -0.39 is 0 Å². The third kappa shape index (κ3) is 4.72. The van der Waals surface area contributed by atoms with Crippen molar-refractivity contribution >= 4 is 5.91 Å². The first kappa shape index (κ1) is 15.2. The van der Waals surface area contributed by atoms with Crippen LogP contribution in [0.15, 0.2) is 18.2 Å². The molecule has 0 aromatic heterocycles. The molecule has 19 heavy (non-hydrogen) atoms. The molecule has 1 aromatic carbocycles. The van der Waals surface area contributed by atoms with Gasteiger partial charge in [0.2, 0.25) is 5.91 Å². The van der Waals surface area contributed by atoms with Gasteiger partial charge in [-0.3, -0.25) is 9.69 Å². The molecule has 0 unspecified atom stereocenters. The fourth-order valence-electron chi connectivity index (χ4n) is 1.92. The summed E-state index contributed by atoms with van der Waals surface area (Å²) in [5.74, 6) is 0.0515. The van der Waals surface area contributed by atoms with Gasteiger partial charge in [-0.15, -0.1) is 0 Å². The predicted octanol–water partition coefficient (Wildman–Crippen LogP) is 1.82. The van der Waals surface area contributed by atoms with Gasteiger partial charge in [0.1, 0.15) is 0 Å². The predicted molar refractivity (Wildman–Crippen MR) is 75.5 cm³/mol. The first-order chi connectivity index (χ1) is 9.10. The highest BCUT2D eigenvalue weighted by atomic mass is 16.2. The van der Waals surface area contributed by atoms with Gasteiger partial charge in [-0.2, -0.15) is 5.26 Å². The van der Waals surface area contributed by atoms with E-state index in [0.29, 0.717) is 18.7 Å². The Kier molecular flexibility index (Phi) is 6.04. The Morgan fingerprint density at radius 1 is 1.42 bits per heavy atom. The summed E-state index contributed by atoms with van der Waals surface area (Å²) in [5, 5.41) is 11.7. The van der Waals surface area contributed by atoms with Crippen LogP contribution in [0.4, 0.5) is 0 Å². The summed E-state index contributed by atoms with van der Waals surface area (Å²) in [4.78, 5) is 13.7. The van der Waals surface area contributed by atoms with E-state index in [4.69, 9.17) is 5.26 Å². The molecule has 0 atom stereocenters. The van der Waals surface area contributed by atoms with Crippen molar-refractivity contribution in [2.24, 2.45) is 0 Å². The largest absolute Gasteiger partial charge is 0.355 e. The SMILES string of the molecule is CCNC(=O)CN(CC)Cc1ccc(C#N)cc1C. The molecule has 1 rings (SSSR count). The van der Waals surface area contributed by atoms with Crippen molar-refractivity contribution in [3.05, 3.63) is 34.9 Å². The monoisotopic (exact) mass is 259 g/mol. The fraction of sp³-hybridized carbons (Fsp3) is 0.467. The molecule has 1 amide bonds. The van der Waals surface area contributed by atoms with Crippen LogP contribution < -0.4 is 5.32 Å². The van der Waals surface area contributed by atoms with Crippen LogP contribution in [0, 0.1) is 18.3 Å². The van der Waals surface area contributed by atoms with Crippen LogP contribution in [0.1, 0.15) is 30.5 Å². The van der Waals surface area contributed by atoms with Crippen molar-refractivity contribution in [2.45, 2.75) is 27.3 Å². The average molecular weight is 259 g/mol. The molecule has 1 aromatic rings. The molecule has 102 valence electrons. The Morgan fingerprint density at radius 2 is 2.16 bits per heavy atom. The number of nitrogens with zero attached hydrogens (tertiary/aromatic N) is 2. The second-order valence-corrected chi connectivity index (χ2v) is 4.51. The van der Waals surface area contributed by atoms with E-state index in [1.165, 1.54) is 0 Å². The van der Waals surface area contributed by atoms with Crippen molar-refractivity contribution in [2.75, 3.05) is 19.6 Å². The summed E-state index contributed by atoms with van der Waals surface area (Å²) < 4.78 is 0. The molecule has 0 heterocycles. The third-order valence-corrected chi connectivity index (χ3v) is 3.05. The number of carbonyl (C=O) groups is 1. The number of rotatable bonds is 6. The van der Waals surface area contributed by atoms with Gasteiger partial charge < -0.3 is 5.32 Å². The van der Waals surface area contributed by atoms with E-state index in [9.17, 15) is 4.79 Å². The van der Waals surface area contributed by atoms with E-state index in [0.717, 1.165) is 24.2 Å². The van der Waals surface area contributed by atoms with E-state index >= 15 is 0 Å². The normalized spacial score (nSPS) is 10.3. The molecule has 0 spiro atoms. The molecule has 0 radical (unpaired) electrons. The van der Waals surface area contributed by atoms with Gasteiger partial charge in [-0.05, 0) is 43.7 Å². The lowest BCUT2D eigenvalue weighted by atomic mass is 10.1. The zero-order valence-electron chi connectivity index (χ0n) is 11.9. The lowest BCUT2D eigenvalue weighted by Gasteiger charge is -2.20. The molecule has 0 aliphatic heterocycles. The van der Waals surface area contributed by atoms with Crippen molar-refractivity contribution < 1.29 is 4.79 Å². The number of likely N-dealkylation sites (N-methyl/N-ethyl adjacent to an activating group) is 2. The minimum atomic E-state index is 0.0515. The van der Waals surface area contributed by atoms with Crippen LogP contribution in [0.3, 0.4) is 0 Å². The van der Waals surface area contributed by atoms with Gasteiger partial charge in [0, 0.05) is 13.1 Å². The van der Waals surface area contributed by atoms with Gasteiger partial charge in [-0.25, -0.2) is 0 Å². The standard InChI is InChI=1S/C15H21N3O/c1-4-17-15(19)11-18(5-2)10-14-7-6-13(9-16)8-12(14)3/h6-8H,4-5,10-11H2,1-3H3,(H,17,19). The van der Waals surface area contributed by atoms with Crippen LogP contribution in [-0.4, -0.2) is 30.4 Å². The summed E-state index contributed by atoms with van der Waals surface area (Å²) >= 11 is 0. The van der Waals surface area contributed by atoms with Crippen LogP contribution in [0.2, 0.25) is 0 Å². The summed E-state index contributed by atoms with van der Waals surface area (Å²) in [7, 11) is 0. The Morgan fingerprint density at radius 3 is 2.68 bits per heavy atom. The number of hydrogen-bond donors (Lipinski definition) is 1. The van der Waals surface area contributed by atoms with Crippen LogP contribution in [-0.2, 0) is 11.3 Å². The van der Waals surface area contributed by atoms with Crippen LogP contribution in [0.25, 0.3) is 0 Å². The van der Waals surface area contributed by atoms with Gasteiger partial charge in [0.25, 0.3) is 0 Å². The number of carbonyl (C=O) groups excluding carboxylic acids is 1. The molecule has 1 N–H and O–H groups in total. The molecule has 0 fully saturated rings. The number of nitriles is 1. The zero-order chi connectivity index (χ0) is 14.3. The van der Waals surface area contributed by atoms with Gasteiger partial charge in [-0.1, -0.05) is 13.0 Å². The smallest absolute Gasteiger partial charge is 0.234 e. The van der Waals surface area contributed by atoms with Crippen molar-refractivity contribution in [1.29, 1.82) is 5.26 Å². The number of benzene rings is 1. The maximum atomic E-state index is 11.6. The Bertz CT molecular complexity index is 477. The topological polar surface area (TPSA) is 56.1 Å². The highest BCUT2D eigenvalue weighted by molar-refractivity contribution is 5.77. The molecule has 0 aliphatic rings. The Labute approximate surface area is 115 Å². The summed E-state index contributed by atoms with van der Waals surface area (Å²) in [5.41, 5.74) is 2.92. The lowest BCUT2D eigenvalue weighted by molar-refractivity contribution is -0.122. The molecular weight excluding hydrogens is 238 g/mol. The third-order valence-electron chi connectivity index (χ3n) is 3.05. The van der Waals surface area contributed by atoms with Crippen LogP contribution >= 0.6 is 0 Å². The average Bonchev–Trinajstić information content (AvgIpc) is 2.40. The van der Waals surface area contributed by atoms with Gasteiger partial charge in [0.05, 0.1) is 18.2 Å². The summed E-state index contributed by atoms with van der Waals surface area (Å²) in [6, 6.07) is 7.81. The quantitative estimate of drug-likeness (QED) is 0.848. The number of hydrogen-bond acceptors (Lipinski definition) is 3. The zero-order valence-corrected chi connectivity index (χ0v) is 11.9. The number of nitrogens with one attached hydrogen (secondary N) is 1. The van der Waals surface area contributed by atoms with E-state index in [2.05, 4.69) is 16.3 Å². The maximum absolute atomic E-state index is 11.6. The molecule has 0 aliphatic carbocycles. The molecule has 0 bridgehead atoms. The summed E-state index contributed by atoms with van der Waals surface area (Å²) in [6.07, 6.45) is 0. The van der Waals surface area contributed by atoms with Crippen molar-refractivity contribution in [3.63, 3.8) is 0 Å². The van der Waals surface area contributed by atoms with Crippen LogP contribution in [0.5, 0.6) is 0 Å². The highest BCUT2D eigenvalue weighted by Gasteiger charge is 2.10. The molecular formula is C15H21N3O. The maximum Gasteiger partial charge on any atom is 0.234 e. The Hall–Kier alpha value is -1.86. The fourth-order valence-corrected chi connectivity index (χ4v) is 1.92. The number of aryl methyl sites for hydroxylation is 1. The van der Waals surface area contributed by atoms with Gasteiger partial charge in [0.15, 0.2) is 0 Å². The Balaban J connectivity index is 2.71. The van der Waals surface area contributed by atoms with Gasteiger partial charge >= 0.3 is 0 Å².